The zero-order valence-electron chi connectivity index (χ0n) is 15.1. The topological polar surface area (TPSA) is 76.7 Å². The Morgan fingerprint density at radius 2 is 1.54 bits per heavy atom. The summed E-state index contributed by atoms with van der Waals surface area (Å²) in [6.45, 7) is 4.25. The minimum atomic E-state index is -0.363. The summed E-state index contributed by atoms with van der Waals surface area (Å²) in [4.78, 5) is 23.8. The Hall–Kier alpha value is -3.02. The van der Waals surface area contributed by atoms with Crippen LogP contribution in [0.3, 0.4) is 0 Å². The normalized spacial score (nSPS) is 10.1. The van der Waals surface area contributed by atoms with E-state index in [0.717, 1.165) is 23.4 Å². The lowest BCUT2D eigenvalue weighted by molar-refractivity contribution is -0.125. The summed E-state index contributed by atoms with van der Waals surface area (Å²) in [5.41, 5.74) is 1.81. The molecule has 0 aromatic heterocycles. The molecule has 26 heavy (non-hydrogen) atoms. The third-order valence-electron chi connectivity index (χ3n) is 3.62. The standard InChI is InChI=1S/C20H24N2O4/c1-3-15-7-5-6-8-18(15)22-19(23)13-21-20(24)14-26-17-11-9-16(10-12-17)25-4-2/h5-12H,3-4,13-14H2,1-2H3,(H,21,24)(H,22,23). The maximum absolute atomic E-state index is 12.0. The van der Waals surface area contributed by atoms with Gasteiger partial charge in [0.2, 0.25) is 5.91 Å². The van der Waals surface area contributed by atoms with Crippen molar-refractivity contribution in [1.29, 1.82) is 0 Å². The molecule has 0 fully saturated rings. The van der Waals surface area contributed by atoms with Crippen molar-refractivity contribution in [1.82, 2.24) is 5.32 Å². The number of amides is 2. The van der Waals surface area contributed by atoms with Crippen LogP contribution in [0.4, 0.5) is 5.69 Å². The minimum Gasteiger partial charge on any atom is -0.494 e. The molecule has 0 unspecified atom stereocenters. The molecular formula is C20H24N2O4. The van der Waals surface area contributed by atoms with Gasteiger partial charge in [-0.25, -0.2) is 0 Å². The predicted molar refractivity (Wildman–Crippen MR) is 101 cm³/mol. The van der Waals surface area contributed by atoms with E-state index in [9.17, 15) is 9.59 Å². The number of rotatable bonds is 9. The number of anilines is 1. The first kappa shape index (κ1) is 19.3. The van der Waals surface area contributed by atoms with Crippen LogP contribution >= 0.6 is 0 Å². The Morgan fingerprint density at radius 1 is 0.885 bits per heavy atom. The number of benzene rings is 2. The van der Waals surface area contributed by atoms with E-state index in [1.54, 1.807) is 24.3 Å². The summed E-state index contributed by atoms with van der Waals surface area (Å²) in [6, 6.07) is 14.6. The van der Waals surface area contributed by atoms with Crippen molar-refractivity contribution in [2.45, 2.75) is 20.3 Å². The number of para-hydroxylation sites is 1. The van der Waals surface area contributed by atoms with Gasteiger partial charge in [-0.3, -0.25) is 9.59 Å². The van der Waals surface area contributed by atoms with Gasteiger partial charge in [-0.05, 0) is 49.2 Å². The summed E-state index contributed by atoms with van der Waals surface area (Å²) in [7, 11) is 0. The maximum Gasteiger partial charge on any atom is 0.258 e. The van der Waals surface area contributed by atoms with E-state index in [1.165, 1.54) is 0 Å². The van der Waals surface area contributed by atoms with Crippen LogP contribution in [0.5, 0.6) is 11.5 Å². The molecule has 2 amide bonds. The molecule has 2 aromatic carbocycles. The van der Waals surface area contributed by atoms with Crippen molar-refractivity contribution in [2.24, 2.45) is 0 Å². The van der Waals surface area contributed by atoms with E-state index in [1.807, 2.05) is 38.1 Å². The lowest BCUT2D eigenvalue weighted by atomic mass is 10.1. The van der Waals surface area contributed by atoms with Gasteiger partial charge in [-0.2, -0.15) is 0 Å². The first-order valence-corrected chi connectivity index (χ1v) is 8.62. The predicted octanol–water partition coefficient (Wildman–Crippen LogP) is 2.78. The van der Waals surface area contributed by atoms with Crippen molar-refractivity contribution in [3.63, 3.8) is 0 Å². The summed E-state index contributed by atoms with van der Waals surface area (Å²) in [5.74, 6) is 0.663. The van der Waals surface area contributed by atoms with Gasteiger partial charge in [0.1, 0.15) is 11.5 Å². The fourth-order valence-corrected chi connectivity index (χ4v) is 2.32. The number of ether oxygens (including phenoxy) is 2. The molecule has 0 radical (unpaired) electrons. The second-order valence-corrected chi connectivity index (χ2v) is 5.53. The van der Waals surface area contributed by atoms with E-state index in [-0.39, 0.29) is 25.0 Å². The fraction of sp³-hybridized carbons (Fsp3) is 0.300. The highest BCUT2D eigenvalue weighted by molar-refractivity contribution is 5.95. The number of carbonyl (C=O) groups excluding carboxylic acids is 2. The zero-order chi connectivity index (χ0) is 18.8. The smallest absolute Gasteiger partial charge is 0.258 e. The van der Waals surface area contributed by atoms with E-state index < -0.39 is 0 Å². The van der Waals surface area contributed by atoms with Gasteiger partial charge >= 0.3 is 0 Å². The quantitative estimate of drug-likeness (QED) is 0.724. The molecule has 6 heteroatoms. The van der Waals surface area contributed by atoms with Crippen LogP contribution in [0.25, 0.3) is 0 Å². The number of hydrogen-bond donors (Lipinski definition) is 2. The molecular weight excluding hydrogens is 332 g/mol. The van der Waals surface area contributed by atoms with Gasteiger partial charge < -0.3 is 20.1 Å². The minimum absolute atomic E-state index is 0.108. The number of hydrogen-bond acceptors (Lipinski definition) is 4. The molecule has 138 valence electrons. The van der Waals surface area contributed by atoms with Crippen LogP contribution in [-0.4, -0.2) is 31.6 Å². The van der Waals surface area contributed by atoms with Crippen molar-refractivity contribution in [2.75, 3.05) is 25.1 Å². The average molecular weight is 356 g/mol. The molecule has 2 N–H and O–H groups in total. The molecule has 0 aliphatic carbocycles. The molecule has 2 rings (SSSR count). The highest BCUT2D eigenvalue weighted by atomic mass is 16.5. The van der Waals surface area contributed by atoms with Crippen molar-refractivity contribution < 1.29 is 19.1 Å². The molecule has 0 atom stereocenters. The largest absolute Gasteiger partial charge is 0.494 e. The Kier molecular flexibility index (Phi) is 7.49. The van der Waals surface area contributed by atoms with Gasteiger partial charge in [0, 0.05) is 5.69 Å². The first-order valence-electron chi connectivity index (χ1n) is 8.62. The van der Waals surface area contributed by atoms with Crippen molar-refractivity contribution in [3.8, 4) is 11.5 Å². The van der Waals surface area contributed by atoms with Crippen LogP contribution < -0.4 is 20.1 Å². The summed E-state index contributed by atoms with van der Waals surface area (Å²) in [6.07, 6.45) is 0.818. The van der Waals surface area contributed by atoms with E-state index in [0.29, 0.717) is 12.4 Å². The average Bonchev–Trinajstić information content (AvgIpc) is 2.66. The van der Waals surface area contributed by atoms with Gasteiger partial charge in [-0.1, -0.05) is 25.1 Å². The molecule has 0 aliphatic heterocycles. The molecule has 0 bridgehead atoms. The summed E-state index contributed by atoms with van der Waals surface area (Å²) >= 11 is 0. The van der Waals surface area contributed by atoms with Crippen LogP contribution in [0.1, 0.15) is 19.4 Å². The third-order valence-corrected chi connectivity index (χ3v) is 3.62. The molecule has 2 aromatic rings. The Bertz CT molecular complexity index is 729. The molecule has 0 spiro atoms. The molecule has 0 heterocycles. The Balaban J connectivity index is 1.73. The second-order valence-electron chi connectivity index (χ2n) is 5.53. The van der Waals surface area contributed by atoms with Crippen LogP contribution in [0, 0.1) is 0 Å². The SMILES string of the molecule is CCOc1ccc(OCC(=O)NCC(=O)Nc2ccccc2CC)cc1. The summed E-state index contributed by atoms with van der Waals surface area (Å²) in [5, 5.41) is 5.34. The van der Waals surface area contributed by atoms with Crippen LogP contribution in [0.15, 0.2) is 48.5 Å². The number of aryl methyl sites for hydroxylation is 1. The zero-order valence-corrected chi connectivity index (χ0v) is 15.1. The Morgan fingerprint density at radius 3 is 2.19 bits per heavy atom. The molecule has 0 saturated carbocycles. The lowest BCUT2D eigenvalue weighted by Gasteiger charge is -2.11. The molecule has 0 saturated heterocycles. The van der Waals surface area contributed by atoms with Gasteiger partial charge in [0.05, 0.1) is 13.2 Å². The first-order chi connectivity index (χ1) is 12.6. The highest BCUT2D eigenvalue weighted by Gasteiger charge is 2.08. The second kappa shape index (κ2) is 10.1. The van der Waals surface area contributed by atoms with Crippen molar-refractivity contribution >= 4 is 17.5 Å². The van der Waals surface area contributed by atoms with E-state index in [4.69, 9.17) is 9.47 Å². The lowest BCUT2D eigenvalue weighted by Crippen LogP contribution is -2.35. The van der Waals surface area contributed by atoms with Crippen molar-refractivity contribution in [3.05, 3.63) is 54.1 Å². The summed E-state index contributed by atoms with van der Waals surface area (Å²) < 4.78 is 10.7. The van der Waals surface area contributed by atoms with Gasteiger partial charge in [0.15, 0.2) is 6.61 Å². The highest BCUT2D eigenvalue weighted by Crippen LogP contribution is 2.17. The van der Waals surface area contributed by atoms with Crippen LogP contribution in [0.2, 0.25) is 0 Å². The number of nitrogens with one attached hydrogen (secondary N) is 2. The molecule has 0 aliphatic rings. The van der Waals surface area contributed by atoms with Gasteiger partial charge in [-0.15, -0.1) is 0 Å². The van der Waals surface area contributed by atoms with Gasteiger partial charge in [0.25, 0.3) is 5.91 Å². The molecule has 6 nitrogen and oxygen atoms in total. The van der Waals surface area contributed by atoms with E-state index >= 15 is 0 Å². The third kappa shape index (κ3) is 6.12. The number of carbonyl (C=O) groups is 2. The maximum atomic E-state index is 12.0. The monoisotopic (exact) mass is 356 g/mol. The fourth-order valence-electron chi connectivity index (χ4n) is 2.32. The Labute approximate surface area is 153 Å². The van der Waals surface area contributed by atoms with E-state index in [2.05, 4.69) is 10.6 Å². The van der Waals surface area contributed by atoms with Crippen LogP contribution in [-0.2, 0) is 16.0 Å².